The molecule has 2 aromatic carbocycles. The summed E-state index contributed by atoms with van der Waals surface area (Å²) in [6.07, 6.45) is 0. The zero-order valence-electron chi connectivity index (χ0n) is 10.6. The van der Waals surface area contributed by atoms with E-state index in [0.717, 1.165) is 15.6 Å². The summed E-state index contributed by atoms with van der Waals surface area (Å²) in [5, 5.41) is 0.331. The lowest BCUT2D eigenvalue weighted by molar-refractivity contribution is 0.415. The van der Waals surface area contributed by atoms with Gasteiger partial charge in [0.1, 0.15) is 5.75 Å². The number of alkyl halides is 1. The van der Waals surface area contributed by atoms with Crippen LogP contribution in [0.25, 0.3) is 0 Å². The maximum absolute atomic E-state index is 6.50. The zero-order chi connectivity index (χ0) is 14.0. The quantitative estimate of drug-likeness (QED) is 0.634. The molecule has 2 rings (SSSR count). The van der Waals surface area contributed by atoms with Gasteiger partial charge in [-0.25, -0.2) is 0 Å². The van der Waals surface area contributed by atoms with Crippen molar-refractivity contribution in [2.75, 3.05) is 7.11 Å². The maximum Gasteiger partial charge on any atom is 0.137 e. The molecule has 2 aromatic rings. The van der Waals surface area contributed by atoms with Crippen molar-refractivity contribution in [3.05, 3.63) is 62.6 Å². The highest BCUT2D eigenvalue weighted by Gasteiger charge is 2.13. The van der Waals surface area contributed by atoms with Gasteiger partial charge in [-0.15, -0.1) is 11.6 Å². The van der Waals surface area contributed by atoms with Crippen molar-refractivity contribution >= 4 is 39.1 Å². The predicted octanol–water partition coefficient (Wildman–Crippen LogP) is 5.75. The number of methoxy groups -OCH3 is 1. The normalized spacial score (nSPS) is 12.3. The summed E-state index contributed by atoms with van der Waals surface area (Å²) in [7, 11) is 1.59. The van der Waals surface area contributed by atoms with Crippen molar-refractivity contribution in [1.29, 1.82) is 0 Å². The molecule has 0 N–H and O–H groups in total. The van der Waals surface area contributed by atoms with Crippen LogP contribution < -0.4 is 4.74 Å². The molecule has 0 aliphatic carbocycles. The minimum absolute atomic E-state index is 0.236. The molecular weight excluding hydrogens is 347 g/mol. The highest BCUT2D eigenvalue weighted by Crippen LogP contribution is 2.35. The highest BCUT2D eigenvalue weighted by molar-refractivity contribution is 9.10. The van der Waals surface area contributed by atoms with Crippen LogP contribution in [0.3, 0.4) is 0 Å². The van der Waals surface area contributed by atoms with Crippen LogP contribution in [0.5, 0.6) is 5.75 Å². The summed E-state index contributed by atoms with van der Waals surface area (Å²) in [6.45, 7) is 2.04. The molecule has 0 amide bonds. The van der Waals surface area contributed by atoms with Crippen molar-refractivity contribution in [2.24, 2.45) is 0 Å². The molecule has 1 atom stereocenters. The SMILES string of the molecule is COc1ccc(C(Cl)c2ccc(C)c(Br)c2)cc1Cl. The van der Waals surface area contributed by atoms with E-state index in [2.05, 4.69) is 15.9 Å². The van der Waals surface area contributed by atoms with Crippen molar-refractivity contribution < 1.29 is 4.74 Å². The van der Waals surface area contributed by atoms with Crippen LogP contribution in [0.15, 0.2) is 40.9 Å². The second kappa shape index (κ2) is 6.17. The molecule has 0 aromatic heterocycles. The largest absolute Gasteiger partial charge is 0.495 e. The number of ether oxygens (including phenoxy) is 1. The van der Waals surface area contributed by atoms with Crippen molar-refractivity contribution in [2.45, 2.75) is 12.3 Å². The highest BCUT2D eigenvalue weighted by atomic mass is 79.9. The van der Waals surface area contributed by atoms with E-state index >= 15 is 0 Å². The van der Waals surface area contributed by atoms with Crippen molar-refractivity contribution in [1.82, 2.24) is 0 Å². The topological polar surface area (TPSA) is 9.23 Å². The summed E-state index contributed by atoms with van der Waals surface area (Å²) in [5.41, 5.74) is 3.16. The van der Waals surface area contributed by atoms with Gasteiger partial charge in [0.05, 0.1) is 17.5 Å². The summed E-state index contributed by atoms with van der Waals surface area (Å²) < 4.78 is 6.19. The third-order valence-corrected chi connectivity index (χ3v) is 4.61. The number of aryl methyl sites for hydroxylation is 1. The van der Waals surface area contributed by atoms with Crippen LogP contribution in [0.2, 0.25) is 5.02 Å². The first-order valence-corrected chi connectivity index (χ1v) is 7.37. The summed E-state index contributed by atoms with van der Waals surface area (Å²) >= 11 is 16.1. The first-order valence-electron chi connectivity index (χ1n) is 5.76. The van der Waals surface area contributed by atoms with Gasteiger partial charge in [0.25, 0.3) is 0 Å². The molecule has 0 bridgehead atoms. The molecule has 0 heterocycles. The van der Waals surface area contributed by atoms with E-state index < -0.39 is 0 Å². The van der Waals surface area contributed by atoms with Gasteiger partial charge in [0, 0.05) is 4.47 Å². The summed E-state index contributed by atoms with van der Waals surface area (Å²) in [4.78, 5) is 0. The van der Waals surface area contributed by atoms with Crippen LogP contribution >= 0.6 is 39.1 Å². The molecule has 0 saturated heterocycles. The Morgan fingerprint density at radius 2 is 1.74 bits per heavy atom. The number of hydrogen-bond acceptors (Lipinski definition) is 1. The molecule has 1 nitrogen and oxygen atoms in total. The molecule has 19 heavy (non-hydrogen) atoms. The molecule has 0 radical (unpaired) electrons. The van der Waals surface area contributed by atoms with Crippen LogP contribution in [0.4, 0.5) is 0 Å². The summed E-state index contributed by atoms with van der Waals surface area (Å²) in [5.74, 6) is 0.652. The Bertz CT molecular complexity index is 599. The van der Waals surface area contributed by atoms with E-state index in [-0.39, 0.29) is 5.38 Å². The van der Waals surface area contributed by atoms with E-state index in [9.17, 15) is 0 Å². The number of rotatable bonds is 3. The van der Waals surface area contributed by atoms with Crippen LogP contribution in [0.1, 0.15) is 22.1 Å². The Morgan fingerprint density at radius 1 is 1.11 bits per heavy atom. The third kappa shape index (κ3) is 3.25. The van der Waals surface area contributed by atoms with Crippen molar-refractivity contribution in [3.8, 4) is 5.75 Å². The smallest absolute Gasteiger partial charge is 0.137 e. The van der Waals surface area contributed by atoms with E-state index in [1.54, 1.807) is 7.11 Å². The summed E-state index contributed by atoms with van der Waals surface area (Å²) in [6, 6.07) is 11.7. The van der Waals surface area contributed by atoms with Gasteiger partial charge in [-0.1, -0.05) is 45.7 Å². The molecule has 4 heteroatoms. The Hall–Kier alpha value is -0.700. The van der Waals surface area contributed by atoms with Crippen LogP contribution in [0, 0.1) is 6.92 Å². The van der Waals surface area contributed by atoms with Crippen molar-refractivity contribution in [3.63, 3.8) is 0 Å². The molecule has 0 saturated carbocycles. The van der Waals surface area contributed by atoms with Gasteiger partial charge in [-0.05, 0) is 41.8 Å². The van der Waals surface area contributed by atoms with E-state index in [1.807, 2.05) is 43.3 Å². The standard InChI is InChI=1S/C15H13BrCl2O/c1-9-3-4-10(7-12(9)16)15(18)11-5-6-14(19-2)13(17)8-11/h3-8,15H,1-2H3. The predicted molar refractivity (Wildman–Crippen MR) is 84.6 cm³/mol. The van der Waals surface area contributed by atoms with E-state index in [1.165, 1.54) is 5.56 Å². The third-order valence-electron chi connectivity index (χ3n) is 2.96. The zero-order valence-corrected chi connectivity index (χ0v) is 13.7. The van der Waals surface area contributed by atoms with Gasteiger partial charge in [0.2, 0.25) is 0 Å². The minimum Gasteiger partial charge on any atom is -0.495 e. The van der Waals surface area contributed by atoms with Crippen LogP contribution in [-0.2, 0) is 0 Å². The van der Waals surface area contributed by atoms with Crippen LogP contribution in [-0.4, -0.2) is 7.11 Å². The molecule has 0 aliphatic heterocycles. The van der Waals surface area contributed by atoms with Gasteiger partial charge >= 0.3 is 0 Å². The van der Waals surface area contributed by atoms with Gasteiger partial charge in [0.15, 0.2) is 0 Å². The van der Waals surface area contributed by atoms with Gasteiger partial charge < -0.3 is 4.74 Å². The van der Waals surface area contributed by atoms with E-state index in [0.29, 0.717) is 10.8 Å². The number of benzene rings is 2. The minimum atomic E-state index is -0.236. The maximum atomic E-state index is 6.50. The fraction of sp³-hybridized carbons (Fsp3) is 0.200. The molecule has 0 fully saturated rings. The molecule has 100 valence electrons. The lowest BCUT2D eigenvalue weighted by Gasteiger charge is -2.13. The fourth-order valence-corrected chi connectivity index (χ4v) is 2.73. The monoisotopic (exact) mass is 358 g/mol. The number of halogens is 3. The van der Waals surface area contributed by atoms with Gasteiger partial charge in [-0.3, -0.25) is 0 Å². The molecule has 1 unspecified atom stereocenters. The van der Waals surface area contributed by atoms with Gasteiger partial charge in [-0.2, -0.15) is 0 Å². The Labute approximate surface area is 131 Å². The lowest BCUT2D eigenvalue weighted by atomic mass is 10.0. The second-order valence-electron chi connectivity index (χ2n) is 4.27. The first kappa shape index (κ1) is 14.7. The molecular formula is C15H13BrCl2O. The molecule has 0 aliphatic rings. The Balaban J connectivity index is 2.35. The average Bonchev–Trinajstić information content (AvgIpc) is 2.41. The Morgan fingerprint density at radius 3 is 2.32 bits per heavy atom. The fourth-order valence-electron chi connectivity index (χ4n) is 1.80. The first-order chi connectivity index (χ1) is 9.02. The molecule has 0 spiro atoms. The van der Waals surface area contributed by atoms with E-state index in [4.69, 9.17) is 27.9 Å². The Kier molecular flexibility index (Phi) is 4.77. The average molecular weight is 360 g/mol. The lowest BCUT2D eigenvalue weighted by Crippen LogP contribution is -1.95. The number of hydrogen-bond donors (Lipinski definition) is 0. The second-order valence-corrected chi connectivity index (χ2v) is 5.96.